The quantitative estimate of drug-likeness (QED) is 0.387. The van der Waals surface area contributed by atoms with Gasteiger partial charge in [0.2, 0.25) is 17.6 Å². The summed E-state index contributed by atoms with van der Waals surface area (Å²) in [6, 6.07) is 9.42. The number of nitrogens with one attached hydrogen (secondary N) is 3. The highest BCUT2D eigenvalue weighted by atomic mass is 32.1. The van der Waals surface area contributed by atoms with E-state index in [4.69, 9.17) is 14.2 Å². The minimum absolute atomic E-state index is 0.343. The van der Waals surface area contributed by atoms with Crippen LogP contribution in [0.25, 0.3) is 10.6 Å². The minimum atomic E-state index is 0.343. The van der Waals surface area contributed by atoms with Gasteiger partial charge in [-0.05, 0) is 11.4 Å². The highest BCUT2D eigenvalue weighted by Crippen LogP contribution is 2.40. The molecule has 0 amide bonds. The molecule has 4 rings (SSSR count). The highest BCUT2D eigenvalue weighted by molar-refractivity contribution is 7.13. The molecule has 0 atom stereocenters. The largest absolute Gasteiger partial charge is 0.493 e. The predicted molar refractivity (Wildman–Crippen MR) is 114 cm³/mol. The third-order valence-electron chi connectivity index (χ3n) is 4.10. The van der Waals surface area contributed by atoms with Crippen LogP contribution in [0, 0.1) is 0 Å². The number of nitrogens with zero attached hydrogens (tertiary/aromatic N) is 4. The summed E-state index contributed by atoms with van der Waals surface area (Å²) in [5.41, 5.74) is 1.58. The van der Waals surface area contributed by atoms with Gasteiger partial charge in [0, 0.05) is 23.9 Å². The summed E-state index contributed by atoms with van der Waals surface area (Å²) in [5, 5.41) is 15.4. The zero-order valence-corrected chi connectivity index (χ0v) is 17.3. The van der Waals surface area contributed by atoms with Gasteiger partial charge < -0.3 is 24.8 Å². The maximum atomic E-state index is 5.37. The first-order valence-electron chi connectivity index (χ1n) is 8.82. The minimum Gasteiger partial charge on any atom is -0.493 e. The Labute approximate surface area is 176 Å². The maximum absolute atomic E-state index is 5.37. The number of aromatic amines is 1. The van der Waals surface area contributed by atoms with Gasteiger partial charge in [-0.3, -0.25) is 5.10 Å². The Morgan fingerprint density at radius 1 is 0.933 bits per heavy atom. The van der Waals surface area contributed by atoms with E-state index in [2.05, 4.69) is 35.8 Å². The first-order valence-corrected chi connectivity index (χ1v) is 9.70. The van der Waals surface area contributed by atoms with E-state index in [0.717, 1.165) is 10.6 Å². The SMILES string of the molecule is COc1cc(Nc2ncnc(Nc3cc(-c4cccs4)[nH]n3)n2)cc(OC)c1OC. The Morgan fingerprint density at radius 2 is 1.67 bits per heavy atom. The number of thiophene rings is 1. The molecule has 1 aromatic carbocycles. The van der Waals surface area contributed by atoms with Crippen LogP contribution < -0.4 is 24.8 Å². The standard InChI is InChI=1S/C19H19N7O3S/c1-27-13-7-11(8-14(28-2)17(13)29-3)22-18-20-10-21-19(24-18)23-16-9-12(25-26-16)15-5-4-6-30-15/h4-10H,1-3H3,(H3,20,21,22,23,24,25,26). The molecule has 0 spiro atoms. The number of hydrogen-bond acceptors (Lipinski definition) is 10. The van der Waals surface area contributed by atoms with E-state index in [-0.39, 0.29) is 0 Å². The van der Waals surface area contributed by atoms with E-state index in [1.54, 1.807) is 44.8 Å². The molecule has 0 aliphatic heterocycles. The molecule has 11 heteroatoms. The Balaban J connectivity index is 1.53. The molecule has 0 aliphatic carbocycles. The topological polar surface area (TPSA) is 119 Å². The number of methoxy groups -OCH3 is 3. The first-order chi connectivity index (χ1) is 14.7. The fourth-order valence-electron chi connectivity index (χ4n) is 2.76. The number of benzene rings is 1. The van der Waals surface area contributed by atoms with E-state index < -0.39 is 0 Å². The van der Waals surface area contributed by atoms with Crippen LogP contribution in [0.15, 0.2) is 42.0 Å². The number of hydrogen-bond donors (Lipinski definition) is 3. The lowest BCUT2D eigenvalue weighted by Gasteiger charge is -2.14. The van der Waals surface area contributed by atoms with Crippen LogP contribution in [-0.2, 0) is 0 Å². The monoisotopic (exact) mass is 425 g/mol. The molecule has 0 unspecified atom stereocenters. The lowest BCUT2D eigenvalue weighted by molar-refractivity contribution is 0.324. The van der Waals surface area contributed by atoms with Crippen LogP contribution in [0.1, 0.15) is 0 Å². The van der Waals surface area contributed by atoms with Crippen molar-refractivity contribution in [2.24, 2.45) is 0 Å². The van der Waals surface area contributed by atoms with Gasteiger partial charge in [0.25, 0.3) is 0 Å². The van der Waals surface area contributed by atoms with E-state index >= 15 is 0 Å². The summed E-state index contributed by atoms with van der Waals surface area (Å²) in [6.07, 6.45) is 1.41. The molecule has 0 fully saturated rings. The third-order valence-corrected chi connectivity index (χ3v) is 5.00. The Bertz CT molecular complexity index is 1110. The van der Waals surface area contributed by atoms with Gasteiger partial charge in [-0.15, -0.1) is 11.3 Å². The van der Waals surface area contributed by atoms with Crippen LogP contribution in [-0.4, -0.2) is 46.5 Å². The van der Waals surface area contributed by atoms with Crippen molar-refractivity contribution in [2.75, 3.05) is 32.0 Å². The molecule has 0 saturated carbocycles. The molecule has 30 heavy (non-hydrogen) atoms. The van der Waals surface area contributed by atoms with E-state index in [9.17, 15) is 0 Å². The molecule has 3 aromatic heterocycles. The van der Waals surface area contributed by atoms with Crippen molar-refractivity contribution in [3.8, 4) is 27.8 Å². The van der Waals surface area contributed by atoms with Gasteiger partial charge in [-0.25, -0.2) is 9.97 Å². The summed E-state index contributed by atoms with van der Waals surface area (Å²) < 4.78 is 16.1. The van der Waals surface area contributed by atoms with Crippen molar-refractivity contribution in [1.29, 1.82) is 0 Å². The molecule has 0 saturated heterocycles. The van der Waals surface area contributed by atoms with Crippen molar-refractivity contribution in [2.45, 2.75) is 0 Å². The average Bonchev–Trinajstić information content (AvgIpc) is 3.45. The molecule has 0 bridgehead atoms. The average molecular weight is 425 g/mol. The first kappa shape index (κ1) is 19.5. The Morgan fingerprint density at radius 3 is 2.30 bits per heavy atom. The van der Waals surface area contributed by atoms with Crippen LogP contribution in [0.2, 0.25) is 0 Å². The fraction of sp³-hybridized carbons (Fsp3) is 0.158. The second kappa shape index (κ2) is 8.66. The molecular weight excluding hydrogens is 406 g/mol. The molecule has 4 aromatic rings. The van der Waals surface area contributed by atoms with Crippen molar-refractivity contribution in [3.05, 3.63) is 42.0 Å². The maximum Gasteiger partial charge on any atom is 0.233 e. The molecule has 0 radical (unpaired) electrons. The molecule has 10 nitrogen and oxygen atoms in total. The number of anilines is 4. The summed E-state index contributed by atoms with van der Waals surface area (Å²) in [5.74, 6) is 2.83. The van der Waals surface area contributed by atoms with Crippen LogP contribution in [0.5, 0.6) is 17.2 Å². The summed E-state index contributed by atoms with van der Waals surface area (Å²) >= 11 is 1.63. The predicted octanol–water partition coefficient (Wildman–Crippen LogP) is 3.84. The molecular formula is C19H19N7O3S. The Kier molecular flexibility index (Phi) is 5.61. The number of H-pyrrole nitrogens is 1. The highest BCUT2D eigenvalue weighted by Gasteiger charge is 2.14. The van der Waals surface area contributed by atoms with Gasteiger partial charge in [-0.2, -0.15) is 10.1 Å². The van der Waals surface area contributed by atoms with Gasteiger partial charge >= 0.3 is 0 Å². The van der Waals surface area contributed by atoms with Crippen LogP contribution >= 0.6 is 11.3 Å². The van der Waals surface area contributed by atoms with Crippen molar-refractivity contribution >= 4 is 34.7 Å². The zero-order chi connectivity index (χ0) is 20.9. The van der Waals surface area contributed by atoms with Crippen LogP contribution in [0.4, 0.5) is 23.4 Å². The summed E-state index contributed by atoms with van der Waals surface area (Å²) in [7, 11) is 4.66. The number of rotatable bonds is 8. The zero-order valence-electron chi connectivity index (χ0n) is 16.5. The van der Waals surface area contributed by atoms with E-state index in [1.165, 1.54) is 6.33 Å². The third kappa shape index (κ3) is 4.10. The second-order valence-electron chi connectivity index (χ2n) is 5.94. The van der Waals surface area contributed by atoms with Crippen molar-refractivity contribution in [3.63, 3.8) is 0 Å². The number of aromatic nitrogens is 5. The van der Waals surface area contributed by atoms with Gasteiger partial charge in [-0.1, -0.05) is 6.07 Å². The summed E-state index contributed by atoms with van der Waals surface area (Å²) in [4.78, 5) is 13.8. The molecule has 0 aliphatic rings. The number of ether oxygens (including phenoxy) is 3. The van der Waals surface area contributed by atoms with E-state index in [0.29, 0.717) is 40.7 Å². The van der Waals surface area contributed by atoms with Crippen molar-refractivity contribution < 1.29 is 14.2 Å². The summed E-state index contributed by atoms with van der Waals surface area (Å²) in [6.45, 7) is 0. The molecule has 154 valence electrons. The van der Waals surface area contributed by atoms with Gasteiger partial charge in [0.15, 0.2) is 17.3 Å². The van der Waals surface area contributed by atoms with Gasteiger partial charge in [0.05, 0.1) is 31.9 Å². The second-order valence-corrected chi connectivity index (χ2v) is 6.89. The smallest absolute Gasteiger partial charge is 0.233 e. The van der Waals surface area contributed by atoms with Crippen LogP contribution in [0.3, 0.4) is 0 Å². The normalized spacial score (nSPS) is 10.5. The van der Waals surface area contributed by atoms with Gasteiger partial charge in [0.1, 0.15) is 6.33 Å². The fourth-order valence-corrected chi connectivity index (χ4v) is 3.45. The lowest BCUT2D eigenvalue weighted by Crippen LogP contribution is -2.03. The lowest BCUT2D eigenvalue weighted by atomic mass is 10.2. The molecule has 3 N–H and O–H groups in total. The van der Waals surface area contributed by atoms with Crippen molar-refractivity contribution in [1.82, 2.24) is 25.1 Å². The van der Waals surface area contributed by atoms with E-state index in [1.807, 2.05) is 23.6 Å². The molecule has 3 heterocycles. The Hall–Kier alpha value is -3.86.